The molecule has 0 bridgehead atoms. The van der Waals surface area contributed by atoms with Gasteiger partial charge >= 0.3 is 0 Å². The van der Waals surface area contributed by atoms with Crippen molar-refractivity contribution in [1.82, 2.24) is 14.8 Å². The molecule has 0 radical (unpaired) electrons. The highest BCUT2D eigenvalue weighted by molar-refractivity contribution is 7.13. The molecular formula is C30H35N5O4S. The van der Waals surface area contributed by atoms with Crippen LogP contribution < -0.4 is 15.0 Å². The van der Waals surface area contributed by atoms with Gasteiger partial charge in [0.2, 0.25) is 11.8 Å². The van der Waals surface area contributed by atoms with Crippen LogP contribution in [0.5, 0.6) is 5.75 Å². The molecule has 1 saturated heterocycles. The molecule has 0 spiro atoms. The zero-order valence-electron chi connectivity index (χ0n) is 23.0. The van der Waals surface area contributed by atoms with Crippen LogP contribution in [0, 0.1) is 6.92 Å². The summed E-state index contributed by atoms with van der Waals surface area (Å²) in [6, 6.07) is 15.5. The molecule has 2 fully saturated rings. The second-order valence-corrected chi connectivity index (χ2v) is 11.0. The van der Waals surface area contributed by atoms with Gasteiger partial charge in [-0.05, 0) is 50.5 Å². The minimum atomic E-state index is -0.287. The number of benzene rings is 2. The van der Waals surface area contributed by atoms with Crippen LogP contribution in [-0.4, -0.2) is 77.9 Å². The van der Waals surface area contributed by atoms with Gasteiger partial charge in [-0.1, -0.05) is 30.3 Å². The minimum Gasteiger partial charge on any atom is -0.492 e. The fourth-order valence-corrected chi connectivity index (χ4v) is 5.67. The smallest absolute Gasteiger partial charge is 0.254 e. The first-order valence-electron chi connectivity index (χ1n) is 13.8. The molecule has 0 unspecified atom stereocenters. The highest BCUT2D eigenvalue weighted by Crippen LogP contribution is 2.30. The topological polar surface area (TPSA) is 95.1 Å². The summed E-state index contributed by atoms with van der Waals surface area (Å²) in [4.78, 5) is 49.2. The quantitative estimate of drug-likeness (QED) is 0.402. The van der Waals surface area contributed by atoms with Crippen LogP contribution in [0.4, 0.5) is 10.8 Å². The molecule has 40 heavy (non-hydrogen) atoms. The van der Waals surface area contributed by atoms with E-state index in [2.05, 4.69) is 21.3 Å². The average molecular weight is 562 g/mol. The number of hydrogen-bond donors (Lipinski definition) is 1. The Morgan fingerprint density at radius 2 is 1.77 bits per heavy atom. The van der Waals surface area contributed by atoms with Gasteiger partial charge in [-0.25, -0.2) is 4.98 Å². The van der Waals surface area contributed by atoms with Gasteiger partial charge in [0, 0.05) is 43.2 Å². The van der Waals surface area contributed by atoms with Crippen molar-refractivity contribution in [1.29, 1.82) is 0 Å². The first kappa shape index (κ1) is 27.6. The van der Waals surface area contributed by atoms with E-state index in [1.807, 2.05) is 55.1 Å². The molecule has 3 aromatic rings. The van der Waals surface area contributed by atoms with Crippen molar-refractivity contribution in [3.8, 4) is 5.75 Å². The number of rotatable bonds is 10. The molecule has 210 valence electrons. The lowest BCUT2D eigenvalue weighted by molar-refractivity contribution is -0.130. The number of aryl methyl sites for hydroxylation is 1. The Hall–Kier alpha value is -3.92. The highest BCUT2D eigenvalue weighted by Gasteiger charge is 2.35. The van der Waals surface area contributed by atoms with E-state index in [1.165, 1.54) is 11.3 Å². The molecule has 1 N–H and O–H groups in total. The Morgan fingerprint density at radius 1 is 1.05 bits per heavy atom. The molecule has 2 aliphatic rings. The van der Waals surface area contributed by atoms with Gasteiger partial charge in [0.15, 0.2) is 5.13 Å². The zero-order chi connectivity index (χ0) is 28.1. The molecule has 9 nitrogen and oxygen atoms in total. The third-order valence-electron chi connectivity index (χ3n) is 7.21. The Labute approximate surface area is 238 Å². The van der Waals surface area contributed by atoms with E-state index in [1.54, 1.807) is 16.3 Å². The molecule has 5 rings (SSSR count). The van der Waals surface area contributed by atoms with Crippen LogP contribution in [-0.2, 0) is 16.0 Å². The highest BCUT2D eigenvalue weighted by atomic mass is 32.1. The van der Waals surface area contributed by atoms with Crippen LogP contribution in [0.2, 0.25) is 0 Å². The lowest BCUT2D eigenvalue weighted by Gasteiger charge is -2.36. The van der Waals surface area contributed by atoms with Gasteiger partial charge in [-0.15, -0.1) is 11.3 Å². The minimum absolute atomic E-state index is 0.0182. The number of nitrogens with one attached hydrogen (secondary N) is 1. The van der Waals surface area contributed by atoms with Gasteiger partial charge in [-0.3, -0.25) is 14.4 Å². The number of hydrogen-bond acceptors (Lipinski definition) is 7. The Bertz CT molecular complexity index is 1360. The summed E-state index contributed by atoms with van der Waals surface area (Å²) in [5.74, 6) is 0.471. The number of carbonyl (C=O) groups is 3. The van der Waals surface area contributed by atoms with E-state index in [-0.39, 0.29) is 36.7 Å². The second kappa shape index (κ2) is 12.5. The first-order chi connectivity index (χ1) is 19.4. The number of carbonyl (C=O) groups excluding carboxylic acids is 3. The van der Waals surface area contributed by atoms with Gasteiger partial charge < -0.3 is 24.8 Å². The molecule has 3 amide bonds. The number of nitrogens with zero attached hydrogens (tertiary/aromatic N) is 4. The molecule has 1 aliphatic heterocycles. The third-order valence-corrected chi connectivity index (χ3v) is 8.01. The number of thiazole rings is 1. The predicted molar refractivity (Wildman–Crippen MR) is 156 cm³/mol. The van der Waals surface area contributed by atoms with E-state index in [0.29, 0.717) is 36.1 Å². The Balaban J connectivity index is 1.12. The van der Waals surface area contributed by atoms with E-state index >= 15 is 0 Å². The van der Waals surface area contributed by atoms with Crippen molar-refractivity contribution >= 4 is 39.9 Å². The molecule has 1 aliphatic carbocycles. The van der Waals surface area contributed by atoms with Crippen LogP contribution >= 0.6 is 11.3 Å². The van der Waals surface area contributed by atoms with E-state index < -0.39 is 0 Å². The van der Waals surface area contributed by atoms with Gasteiger partial charge in [-0.2, -0.15) is 0 Å². The second-order valence-electron chi connectivity index (χ2n) is 10.1. The fourth-order valence-electron chi connectivity index (χ4n) is 4.94. The molecular weight excluding hydrogens is 526 g/mol. The lowest BCUT2D eigenvalue weighted by Crippen LogP contribution is -2.49. The monoisotopic (exact) mass is 561 g/mol. The normalized spacial score (nSPS) is 15.1. The third kappa shape index (κ3) is 6.62. The largest absolute Gasteiger partial charge is 0.492 e. The van der Waals surface area contributed by atoms with Crippen molar-refractivity contribution in [2.24, 2.45) is 0 Å². The van der Waals surface area contributed by atoms with Crippen LogP contribution in [0.15, 0.2) is 53.9 Å². The zero-order valence-corrected chi connectivity index (χ0v) is 23.8. The summed E-state index contributed by atoms with van der Waals surface area (Å²) in [6.07, 6.45) is 1.99. The summed E-state index contributed by atoms with van der Waals surface area (Å²) in [5, 5.41) is 5.06. The first-order valence-corrected chi connectivity index (χ1v) is 14.7. The van der Waals surface area contributed by atoms with E-state index in [4.69, 9.17) is 4.74 Å². The summed E-state index contributed by atoms with van der Waals surface area (Å²) in [7, 11) is 0. The molecule has 2 aromatic carbocycles. The number of anilines is 2. The summed E-state index contributed by atoms with van der Waals surface area (Å²) >= 11 is 1.29. The molecule has 10 heteroatoms. The van der Waals surface area contributed by atoms with Crippen molar-refractivity contribution in [2.75, 3.05) is 49.5 Å². The molecule has 0 atom stereocenters. The SMILES string of the molecule is CCOc1ccccc1N1CCN(C(=O)Cc2csc(NC(=O)CN(C(=O)c3ccccc3C)C3CC3)n2)CC1. The van der Waals surface area contributed by atoms with Crippen LogP contribution in [0.1, 0.15) is 41.4 Å². The summed E-state index contributed by atoms with van der Waals surface area (Å²) < 4.78 is 5.77. The lowest BCUT2D eigenvalue weighted by atomic mass is 10.1. The van der Waals surface area contributed by atoms with Crippen molar-refractivity contribution in [3.63, 3.8) is 0 Å². The van der Waals surface area contributed by atoms with Gasteiger partial charge in [0.1, 0.15) is 12.3 Å². The maximum Gasteiger partial charge on any atom is 0.254 e. The number of piperazine rings is 1. The fraction of sp³-hybridized carbons (Fsp3) is 0.400. The van der Waals surface area contributed by atoms with Crippen LogP contribution in [0.25, 0.3) is 0 Å². The Kier molecular flexibility index (Phi) is 8.64. The van der Waals surface area contributed by atoms with E-state index in [0.717, 1.165) is 42.9 Å². The van der Waals surface area contributed by atoms with Crippen LogP contribution in [0.3, 0.4) is 0 Å². The van der Waals surface area contributed by atoms with Crippen molar-refractivity contribution < 1.29 is 19.1 Å². The summed E-state index contributed by atoms with van der Waals surface area (Å²) in [6.45, 7) is 7.16. The Morgan fingerprint density at radius 3 is 2.50 bits per heavy atom. The number of para-hydroxylation sites is 2. The maximum atomic E-state index is 13.1. The number of aromatic nitrogens is 1. The van der Waals surface area contributed by atoms with Crippen molar-refractivity contribution in [3.05, 3.63) is 70.7 Å². The summed E-state index contributed by atoms with van der Waals surface area (Å²) in [5.41, 5.74) is 3.20. The number of ether oxygens (including phenoxy) is 1. The average Bonchev–Trinajstić information content (AvgIpc) is 3.72. The van der Waals surface area contributed by atoms with E-state index in [9.17, 15) is 14.4 Å². The molecule has 1 saturated carbocycles. The maximum absolute atomic E-state index is 13.1. The number of amides is 3. The molecule has 1 aromatic heterocycles. The van der Waals surface area contributed by atoms with Crippen molar-refractivity contribution in [2.45, 2.75) is 39.2 Å². The van der Waals surface area contributed by atoms with Gasteiger partial charge in [0.05, 0.1) is 24.4 Å². The van der Waals surface area contributed by atoms with Gasteiger partial charge in [0.25, 0.3) is 5.91 Å². The molecule has 2 heterocycles. The standard InChI is InChI=1S/C30H35N5O4S/c1-3-39-26-11-7-6-10-25(26)33-14-16-34(17-15-33)28(37)18-22-20-40-30(31-22)32-27(36)19-35(23-12-13-23)29(38)24-9-5-4-8-21(24)2/h4-11,20,23H,3,12-19H2,1-2H3,(H,31,32,36). The predicted octanol–water partition coefficient (Wildman–Crippen LogP) is 3.98.